The van der Waals surface area contributed by atoms with Crippen LogP contribution >= 0.6 is 15.9 Å². The van der Waals surface area contributed by atoms with Gasteiger partial charge in [-0.2, -0.15) is 0 Å². The van der Waals surface area contributed by atoms with Gasteiger partial charge in [0.25, 0.3) is 6.43 Å². The lowest BCUT2D eigenvalue weighted by molar-refractivity contribution is 0.0595. The summed E-state index contributed by atoms with van der Waals surface area (Å²) in [6.45, 7) is 0. The van der Waals surface area contributed by atoms with Gasteiger partial charge < -0.3 is 9.47 Å². The molecule has 0 N–H and O–H groups in total. The van der Waals surface area contributed by atoms with Crippen LogP contribution in [-0.4, -0.2) is 25.2 Å². The van der Waals surface area contributed by atoms with E-state index < -0.39 is 12.4 Å². The number of esters is 1. The highest BCUT2D eigenvalue weighted by Crippen LogP contribution is 2.30. The van der Waals surface area contributed by atoms with Crippen LogP contribution in [0.2, 0.25) is 0 Å². The highest BCUT2D eigenvalue weighted by molar-refractivity contribution is 9.10. The van der Waals surface area contributed by atoms with Crippen molar-refractivity contribution in [1.29, 1.82) is 0 Å². The molecule has 0 radical (unpaired) electrons. The van der Waals surface area contributed by atoms with Crippen molar-refractivity contribution in [3.63, 3.8) is 0 Å². The molecule has 0 fully saturated rings. The average Bonchev–Trinajstić information content (AvgIpc) is 2.27. The molecule has 88 valence electrons. The highest BCUT2D eigenvalue weighted by Gasteiger charge is 2.21. The normalized spacial score (nSPS) is 10.4. The lowest BCUT2D eigenvalue weighted by Crippen LogP contribution is -2.07. The Balaban J connectivity index is 3.34. The van der Waals surface area contributed by atoms with E-state index in [-0.39, 0.29) is 21.6 Å². The van der Waals surface area contributed by atoms with E-state index in [1.807, 2.05) is 0 Å². The third-order valence-corrected chi connectivity index (χ3v) is 2.44. The van der Waals surface area contributed by atoms with Crippen LogP contribution in [0.15, 0.2) is 10.7 Å². The Kier molecular flexibility index (Phi) is 4.17. The fourth-order valence-corrected chi connectivity index (χ4v) is 1.50. The van der Waals surface area contributed by atoms with E-state index in [9.17, 15) is 13.6 Å². The highest BCUT2D eigenvalue weighted by atomic mass is 79.9. The van der Waals surface area contributed by atoms with Crippen molar-refractivity contribution in [2.45, 2.75) is 6.43 Å². The van der Waals surface area contributed by atoms with Crippen LogP contribution in [0.3, 0.4) is 0 Å². The van der Waals surface area contributed by atoms with Gasteiger partial charge in [0.15, 0.2) is 0 Å². The van der Waals surface area contributed by atoms with Gasteiger partial charge in [0.1, 0.15) is 10.2 Å². The van der Waals surface area contributed by atoms with E-state index in [0.29, 0.717) is 0 Å². The zero-order valence-corrected chi connectivity index (χ0v) is 10.0. The number of carbonyl (C=O) groups is 1. The molecule has 1 aromatic rings. The first-order valence-electron chi connectivity index (χ1n) is 4.12. The summed E-state index contributed by atoms with van der Waals surface area (Å²) in [5, 5.41) is 0. The topological polar surface area (TPSA) is 48.4 Å². The van der Waals surface area contributed by atoms with Crippen LogP contribution in [0.1, 0.15) is 22.3 Å². The molecule has 0 bridgehead atoms. The van der Waals surface area contributed by atoms with Gasteiger partial charge in [-0.05, 0) is 22.0 Å². The van der Waals surface area contributed by atoms with Gasteiger partial charge in [-0.15, -0.1) is 0 Å². The van der Waals surface area contributed by atoms with Crippen molar-refractivity contribution in [2.24, 2.45) is 0 Å². The predicted molar refractivity (Wildman–Crippen MR) is 54.8 cm³/mol. The Bertz CT molecular complexity index is 412. The summed E-state index contributed by atoms with van der Waals surface area (Å²) >= 11 is 2.87. The summed E-state index contributed by atoms with van der Waals surface area (Å²) in [5.41, 5.74) is -0.523. The minimum atomic E-state index is -2.74. The number of carbonyl (C=O) groups excluding carboxylic acids is 1. The fraction of sp³-hybridized carbons (Fsp3) is 0.333. The van der Waals surface area contributed by atoms with Gasteiger partial charge in [0.05, 0.1) is 19.8 Å². The maximum Gasteiger partial charge on any atom is 0.343 e. The summed E-state index contributed by atoms with van der Waals surface area (Å²) < 4.78 is 34.3. The number of aromatic nitrogens is 1. The Morgan fingerprint density at radius 1 is 1.50 bits per heavy atom. The van der Waals surface area contributed by atoms with Gasteiger partial charge >= 0.3 is 5.97 Å². The number of rotatable bonds is 3. The lowest BCUT2D eigenvalue weighted by Gasteiger charge is -2.09. The second-order valence-electron chi connectivity index (χ2n) is 2.72. The number of ether oxygens (including phenoxy) is 2. The minimum absolute atomic E-state index is 0.0630. The molecular formula is C9H8BrF2NO3. The zero-order valence-electron chi connectivity index (χ0n) is 8.46. The van der Waals surface area contributed by atoms with Crippen LogP contribution < -0.4 is 4.74 Å². The number of alkyl halides is 2. The first kappa shape index (κ1) is 12.8. The lowest BCUT2D eigenvalue weighted by atomic mass is 10.2. The van der Waals surface area contributed by atoms with Crippen LogP contribution in [-0.2, 0) is 4.74 Å². The van der Waals surface area contributed by atoms with Crippen LogP contribution in [0.4, 0.5) is 8.78 Å². The average molecular weight is 296 g/mol. The number of methoxy groups -OCH3 is 2. The fourth-order valence-electron chi connectivity index (χ4n) is 1.06. The smallest absolute Gasteiger partial charge is 0.343 e. The molecule has 0 aliphatic carbocycles. The van der Waals surface area contributed by atoms with Crippen molar-refractivity contribution in [3.8, 4) is 5.88 Å². The number of hydrogen-bond donors (Lipinski definition) is 0. The molecule has 0 aliphatic heterocycles. The maximum atomic E-state index is 12.5. The van der Waals surface area contributed by atoms with E-state index in [2.05, 4.69) is 25.7 Å². The molecular weight excluding hydrogens is 288 g/mol. The third kappa shape index (κ3) is 2.46. The molecule has 0 amide bonds. The maximum absolute atomic E-state index is 12.5. The standard InChI is InChI=1S/C9H8BrF2NO3/c1-15-8-5(9(14)16-2)3-4(7(11)12)6(10)13-8/h3,7H,1-2H3. The summed E-state index contributed by atoms with van der Waals surface area (Å²) in [6, 6.07) is 0.992. The van der Waals surface area contributed by atoms with Crippen molar-refractivity contribution in [3.05, 3.63) is 21.8 Å². The Hall–Kier alpha value is -1.24. The molecule has 0 aliphatic rings. The molecule has 4 nitrogen and oxygen atoms in total. The molecule has 0 aromatic carbocycles. The largest absolute Gasteiger partial charge is 0.480 e. The second kappa shape index (κ2) is 5.20. The first-order chi connectivity index (χ1) is 7.51. The zero-order chi connectivity index (χ0) is 12.3. The van der Waals surface area contributed by atoms with Crippen molar-refractivity contribution in [1.82, 2.24) is 4.98 Å². The van der Waals surface area contributed by atoms with E-state index >= 15 is 0 Å². The molecule has 16 heavy (non-hydrogen) atoms. The van der Waals surface area contributed by atoms with Crippen LogP contribution in [0.25, 0.3) is 0 Å². The molecule has 0 unspecified atom stereocenters. The first-order valence-corrected chi connectivity index (χ1v) is 4.91. The molecule has 7 heteroatoms. The van der Waals surface area contributed by atoms with Gasteiger partial charge in [0, 0.05) is 0 Å². The Labute approximate surface area is 98.7 Å². The molecule has 0 saturated heterocycles. The summed E-state index contributed by atoms with van der Waals surface area (Å²) in [5.74, 6) is -0.845. The molecule has 0 atom stereocenters. The molecule has 1 aromatic heterocycles. The van der Waals surface area contributed by atoms with E-state index in [0.717, 1.165) is 13.2 Å². The van der Waals surface area contributed by atoms with Gasteiger partial charge in [-0.3, -0.25) is 0 Å². The summed E-state index contributed by atoms with van der Waals surface area (Å²) in [4.78, 5) is 15.0. The van der Waals surface area contributed by atoms with Crippen LogP contribution in [0.5, 0.6) is 5.88 Å². The van der Waals surface area contributed by atoms with E-state index in [4.69, 9.17) is 4.74 Å². The van der Waals surface area contributed by atoms with Crippen molar-refractivity contribution < 1.29 is 23.0 Å². The molecule has 1 heterocycles. The Morgan fingerprint density at radius 3 is 2.56 bits per heavy atom. The second-order valence-corrected chi connectivity index (χ2v) is 3.47. The monoisotopic (exact) mass is 295 g/mol. The number of hydrogen-bond acceptors (Lipinski definition) is 4. The van der Waals surface area contributed by atoms with Crippen molar-refractivity contribution >= 4 is 21.9 Å². The molecule has 1 rings (SSSR count). The quantitative estimate of drug-likeness (QED) is 0.635. The summed E-state index contributed by atoms with van der Waals surface area (Å²) in [6.07, 6.45) is -2.74. The van der Waals surface area contributed by atoms with Crippen molar-refractivity contribution in [2.75, 3.05) is 14.2 Å². The van der Waals surface area contributed by atoms with Gasteiger partial charge in [-0.1, -0.05) is 0 Å². The Morgan fingerprint density at radius 2 is 2.12 bits per heavy atom. The SMILES string of the molecule is COC(=O)c1cc(C(F)F)c(Br)nc1OC. The molecule has 0 spiro atoms. The minimum Gasteiger partial charge on any atom is -0.480 e. The van der Waals surface area contributed by atoms with E-state index in [1.54, 1.807) is 0 Å². The number of pyridine rings is 1. The van der Waals surface area contributed by atoms with Gasteiger partial charge in [-0.25, -0.2) is 18.6 Å². The summed E-state index contributed by atoms with van der Waals surface area (Å²) in [7, 11) is 2.43. The van der Waals surface area contributed by atoms with Gasteiger partial charge in [0.2, 0.25) is 5.88 Å². The number of halogens is 3. The third-order valence-electron chi connectivity index (χ3n) is 1.80. The van der Waals surface area contributed by atoms with E-state index in [1.165, 1.54) is 7.11 Å². The number of nitrogens with zero attached hydrogens (tertiary/aromatic N) is 1. The van der Waals surface area contributed by atoms with Crippen LogP contribution in [0, 0.1) is 0 Å². The molecule has 0 saturated carbocycles. The predicted octanol–water partition coefficient (Wildman–Crippen LogP) is 2.58.